The molecule has 0 unspecified atom stereocenters. The van der Waals surface area contributed by atoms with Gasteiger partial charge in [0.25, 0.3) is 11.8 Å². The van der Waals surface area contributed by atoms with E-state index < -0.39 is 41.0 Å². The van der Waals surface area contributed by atoms with E-state index in [1.807, 2.05) is 18.2 Å². The Labute approximate surface area is 251 Å². The molecule has 3 aromatic rings. The minimum Gasteiger partial charge on any atom is -0.424 e. The molecule has 13 heteroatoms. The molecule has 10 nitrogen and oxygen atoms in total. The summed E-state index contributed by atoms with van der Waals surface area (Å²) >= 11 is 0. The van der Waals surface area contributed by atoms with Crippen molar-refractivity contribution in [2.24, 2.45) is 0 Å². The van der Waals surface area contributed by atoms with Crippen molar-refractivity contribution in [3.05, 3.63) is 76.6 Å². The SMILES string of the molecule is C=CC(=O)N1CCc2nn(-c3ccc(C4CC4)cc3OC(C)=O)c3c2[C@@H](C1)N(C(=O)c1cnc(C(C)(F)F)c(F)c1N)CC3. The fraction of sp³-hybridized carbons (Fsp3) is 0.387. The molecule has 2 aromatic heterocycles. The molecule has 44 heavy (non-hydrogen) atoms. The van der Waals surface area contributed by atoms with Crippen molar-refractivity contribution in [1.29, 1.82) is 0 Å². The lowest BCUT2D eigenvalue weighted by atomic mass is 9.94. The highest BCUT2D eigenvalue weighted by Gasteiger charge is 2.42. The smallest absolute Gasteiger partial charge is 0.308 e. The zero-order chi connectivity index (χ0) is 31.5. The first-order valence-corrected chi connectivity index (χ1v) is 14.4. The van der Waals surface area contributed by atoms with Gasteiger partial charge in [0, 0.05) is 58.1 Å². The maximum Gasteiger partial charge on any atom is 0.308 e. The Morgan fingerprint density at radius 1 is 1.18 bits per heavy atom. The summed E-state index contributed by atoms with van der Waals surface area (Å²) in [4.78, 5) is 45.2. The van der Waals surface area contributed by atoms with Crippen LogP contribution in [0.3, 0.4) is 0 Å². The third-order valence-corrected chi connectivity index (χ3v) is 8.37. The van der Waals surface area contributed by atoms with Gasteiger partial charge in [0.05, 0.1) is 28.7 Å². The van der Waals surface area contributed by atoms with Gasteiger partial charge in [0.1, 0.15) is 11.4 Å². The van der Waals surface area contributed by atoms with Gasteiger partial charge in [0.2, 0.25) is 5.91 Å². The van der Waals surface area contributed by atoms with Crippen LogP contribution in [0.4, 0.5) is 18.9 Å². The number of anilines is 1. The summed E-state index contributed by atoms with van der Waals surface area (Å²) in [6.07, 6.45) is 4.87. The van der Waals surface area contributed by atoms with Crippen LogP contribution in [0.5, 0.6) is 5.75 Å². The molecule has 2 amide bonds. The van der Waals surface area contributed by atoms with E-state index in [0.717, 1.165) is 30.3 Å². The van der Waals surface area contributed by atoms with Crippen LogP contribution in [0.25, 0.3) is 5.69 Å². The van der Waals surface area contributed by atoms with Crippen LogP contribution in [0, 0.1) is 5.82 Å². The van der Waals surface area contributed by atoms with Crippen molar-refractivity contribution in [2.45, 2.75) is 57.4 Å². The van der Waals surface area contributed by atoms with E-state index in [0.29, 0.717) is 54.9 Å². The maximum absolute atomic E-state index is 14.9. The molecule has 2 aliphatic heterocycles. The van der Waals surface area contributed by atoms with Gasteiger partial charge in [-0.05, 0) is 42.5 Å². The molecule has 0 bridgehead atoms. The van der Waals surface area contributed by atoms with Gasteiger partial charge < -0.3 is 20.3 Å². The number of aromatic nitrogens is 3. The standard InChI is InChI=1S/C31H31F3N6O4/c1-4-25(42)38-11-9-20-26-22(40(37-20)21-8-7-18(17-5-6-17)13-24(21)44-16(2)41)10-12-39(23(26)15-38)30(43)19-14-36-29(31(3,33)34)27(32)28(19)35/h4,7-8,13-14,17,23H,1,5-6,9-12,15H2,2-3H3,(H2,35,36)/t23-/m1/s1. The largest absolute Gasteiger partial charge is 0.424 e. The first-order chi connectivity index (χ1) is 20.9. The highest BCUT2D eigenvalue weighted by Crippen LogP contribution is 2.44. The molecule has 1 aromatic carbocycles. The zero-order valence-corrected chi connectivity index (χ0v) is 24.3. The summed E-state index contributed by atoms with van der Waals surface area (Å²) in [5.41, 5.74) is 7.42. The van der Waals surface area contributed by atoms with E-state index in [1.165, 1.54) is 17.9 Å². The molecule has 2 N–H and O–H groups in total. The van der Waals surface area contributed by atoms with Crippen LogP contribution in [0.1, 0.15) is 77.2 Å². The average molecular weight is 609 g/mol. The maximum atomic E-state index is 14.9. The summed E-state index contributed by atoms with van der Waals surface area (Å²) in [5, 5.41) is 4.90. The predicted octanol–water partition coefficient (Wildman–Crippen LogP) is 4.21. The minimum absolute atomic E-state index is 0.0840. The molecule has 1 aliphatic carbocycles. The highest BCUT2D eigenvalue weighted by atomic mass is 19.3. The number of benzene rings is 1. The molecular formula is C31H31F3N6O4. The van der Waals surface area contributed by atoms with Crippen molar-refractivity contribution >= 4 is 23.5 Å². The number of carbonyl (C=O) groups is 3. The van der Waals surface area contributed by atoms with E-state index in [2.05, 4.69) is 11.6 Å². The van der Waals surface area contributed by atoms with Crippen LogP contribution >= 0.6 is 0 Å². The molecule has 0 spiro atoms. The second kappa shape index (κ2) is 10.8. The van der Waals surface area contributed by atoms with Gasteiger partial charge in [-0.3, -0.25) is 19.4 Å². The summed E-state index contributed by atoms with van der Waals surface area (Å²) < 4.78 is 50.0. The zero-order valence-electron chi connectivity index (χ0n) is 24.3. The first-order valence-electron chi connectivity index (χ1n) is 14.4. The summed E-state index contributed by atoms with van der Waals surface area (Å²) in [6, 6.07) is 5.00. The third kappa shape index (κ3) is 5.09. The Hall–Kier alpha value is -4.68. The van der Waals surface area contributed by atoms with Gasteiger partial charge in [-0.15, -0.1) is 0 Å². The Balaban J connectivity index is 1.45. The van der Waals surface area contributed by atoms with Crippen molar-refractivity contribution < 1.29 is 32.3 Å². The molecule has 230 valence electrons. The van der Waals surface area contributed by atoms with Gasteiger partial charge in [-0.2, -0.15) is 13.9 Å². The van der Waals surface area contributed by atoms with Crippen LogP contribution in [-0.2, 0) is 28.4 Å². The molecule has 1 fully saturated rings. The van der Waals surface area contributed by atoms with E-state index in [-0.39, 0.29) is 24.6 Å². The first kappa shape index (κ1) is 29.4. The van der Waals surface area contributed by atoms with Crippen LogP contribution < -0.4 is 10.5 Å². The molecule has 0 saturated heterocycles. The Morgan fingerprint density at radius 3 is 2.59 bits per heavy atom. The molecule has 1 saturated carbocycles. The Kier molecular flexibility index (Phi) is 7.21. The lowest BCUT2D eigenvalue weighted by Crippen LogP contribution is -2.46. The molecule has 0 radical (unpaired) electrons. The molecule has 1 atom stereocenters. The van der Waals surface area contributed by atoms with Crippen LogP contribution in [-0.4, -0.2) is 62.0 Å². The summed E-state index contributed by atoms with van der Waals surface area (Å²) in [6.45, 7) is 5.91. The highest BCUT2D eigenvalue weighted by molar-refractivity contribution is 5.99. The fourth-order valence-electron chi connectivity index (χ4n) is 6.11. The second-order valence-electron chi connectivity index (χ2n) is 11.5. The number of halogens is 3. The number of nitrogens with zero attached hydrogens (tertiary/aromatic N) is 5. The Morgan fingerprint density at radius 2 is 1.93 bits per heavy atom. The third-order valence-electron chi connectivity index (χ3n) is 8.37. The molecule has 6 rings (SSSR count). The number of alkyl halides is 2. The number of nitrogen functional groups attached to an aromatic ring is 1. The molecule has 4 heterocycles. The predicted molar refractivity (Wildman–Crippen MR) is 153 cm³/mol. The Bertz CT molecular complexity index is 1710. The monoisotopic (exact) mass is 608 g/mol. The van der Waals surface area contributed by atoms with Crippen molar-refractivity contribution in [3.8, 4) is 11.4 Å². The lowest BCUT2D eigenvalue weighted by Gasteiger charge is -2.38. The second-order valence-corrected chi connectivity index (χ2v) is 11.5. The number of rotatable bonds is 6. The number of esters is 1. The van der Waals surface area contributed by atoms with Crippen LogP contribution in [0.2, 0.25) is 0 Å². The quantitative estimate of drug-likeness (QED) is 0.253. The van der Waals surface area contributed by atoms with Gasteiger partial charge >= 0.3 is 5.97 Å². The minimum atomic E-state index is -3.60. The van der Waals surface area contributed by atoms with Crippen molar-refractivity contribution in [3.63, 3.8) is 0 Å². The van der Waals surface area contributed by atoms with Crippen molar-refractivity contribution in [1.82, 2.24) is 24.6 Å². The average Bonchev–Trinajstić information content (AvgIpc) is 3.78. The van der Waals surface area contributed by atoms with Gasteiger partial charge in [-0.25, -0.2) is 9.07 Å². The number of hydrogen-bond acceptors (Lipinski definition) is 7. The van der Waals surface area contributed by atoms with Crippen LogP contribution in [0.15, 0.2) is 37.1 Å². The number of carbonyl (C=O) groups excluding carboxylic acids is 3. The lowest BCUT2D eigenvalue weighted by molar-refractivity contribution is -0.132. The fourth-order valence-corrected chi connectivity index (χ4v) is 6.11. The van der Waals surface area contributed by atoms with Gasteiger partial charge in [0.15, 0.2) is 11.6 Å². The van der Waals surface area contributed by atoms with Gasteiger partial charge in [-0.1, -0.05) is 12.6 Å². The number of ether oxygens (including phenoxy) is 1. The number of pyridine rings is 1. The number of nitrogens with two attached hydrogens (primary N) is 1. The van der Waals surface area contributed by atoms with E-state index in [4.69, 9.17) is 15.6 Å². The normalized spacial score (nSPS) is 18.0. The van der Waals surface area contributed by atoms with E-state index in [9.17, 15) is 27.6 Å². The summed E-state index contributed by atoms with van der Waals surface area (Å²) in [7, 11) is 0. The van der Waals surface area contributed by atoms with Crippen molar-refractivity contribution in [2.75, 3.05) is 25.4 Å². The molecule has 3 aliphatic rings. The summed E-state index contributed by atoms with van der Waals surface area (Å²) in [5.74, 6) is -5.78. The van der Waals surface area contributed by atoms with E-state index >= 15 is 0 Å². The topological polar surface area (TPSA) is 124 Å². The van der Waals surface area contributed by atoms with E-state index in [1.54, 1.807) is 9.58 Å². The number of hydrogen-bond donors (Lipinski definition) is 1. The number of amides is 2. The molecular weight excluding hydrogens is 577 g/mol.